The van der Waals surface area contributed by atoms with Crippen molar-refractivity contribution in [1.29, 1.82) is 0 Å². The number of hydrogen-bond acceptors (Lipinski definition) is 4. The minimum atomic E-state index is 0.145. The van der Waals surface area contributed by atoms with Crippen molar-refractivity contribution >= 4 is 11.3 Å². The molecule has 1 heterocycles. The van der Waals surface area contributed by atoms with Crippen LogP contribution in [0.3, 0.4) is 0 Å². The number of hydrogen-bond donors (Lipinski definition) is 1. The fourth-order valence-electron chi connectivity index (χ4n) is 1.04. The third-order valence-electron chi connectivity index (χ3n) is 1.82. The smallest absolute Gasteiger partial charge is 0.107 e. The summed E-state index contributed by atoms with van der Waals surface area (Å²) in [5.74, 6) is 0. The summed E-state index contributed by atoms with van der Waals surface area (Å²) in [6, 6.07) is 0. The molecule has 1 aromatic heterocycles. The van der Waals surface area contributed by atoms with Gasteiger partial charge >= 0.3 is 0 Å². The van der Waals surface area contributed by atoms with Crippen LogP contribution in [0, 0.1) is 0 Å². The fraction of sp³-hybridized carbons (Fsp3) is 0.727. The zero-order valence-electron chi connectivity index (χ0n) is 9.96. The van der Waals surface area contributed by atoms with Gasteiger partial charge in [-0.25, -0.2) is 4.98 Å². The van der Waals surface area contributed by atoms with E-state index >= 15 is 0 Å². The van der Waals surface area contributed by atoms with Crippen molar-refractivity contribution in [3.05, 3.63) is 16.1 Å². The Morgan fingerprint density at radius 3 is 2.80 bits per heavy atom. The largest absolute Gasteiger partial charge is 0.375 e. The minimum Gasteiger partial charge on any atom is -0.375 e. The van der Waals surface area contributed by atoms with Crippen LogP contribution in [0.15, 0.2) is 5.38 Å². The molecule has 0 aliphatic carbocycles. The van der Waals surface area contributed by atoms with E-state index < -0.39 is 0 Å². The zero-order valence-corrected chi connectivity index (χ0v) is 10.8. The van der Waals surface area contributed by atoms with Crippen LogP contribution in [-0.4, -0.2) is 17.1 Å². The maximum absolute atomic E-state index is 5.30. The Hall–Kier alpha value is -0.450. The summed E-state index contributed by atoms with van der Waals surface area (Å²) < 4.78 is 5.30. The van der Waals surface area contributed by atoms with Gasteiger partial charge in [-0.2, -0.15) is 0 Å². The number of ether oxygens (including phenoxy) is 1. The lowest BCUT2D eigenvalue weighted by Crippen LogP contribution is -2.35. The lowest BCUT2D eigenvalue weighted by atomic mass is 10.1. The Bertz CT molecular complexity index is 291. The molecule has 0 bridgehead atoms. The molecule has 4 heteroatoms. The van der Waals surface area contributed by atoms with Crippen LogP contribution in [0.4, 0.5) is 0 Å². The molecule has 0 radical (unpaired) electrons. The van der Waals surface area contributed by atoms with Crippen LogP contribution < -0.4 is 5.32 Å². The topological polar surface area (TPSA) is 34.1 Å². The highest BCUT2D eigenvalue weighted by atomic mass is 32.1. The highest BCUT2D eigenvalue weighted by Crippen LogP contribution is 2.11. The molecule has 0 fully saturated rings. The van der Waals surface area contributed by atoms with Crippen molar-refractivity contribution in [1.82, 2.24) is 10.3 Å². The van der Waals surface area contributed by atoms with Crippen LogP contribution in [0.5, 0.6) is 0 Å². The minimum absolute atomic E-state index is 0.145. The van der Waals surface area contributed by atoms with Gasteiger partial charge in [-0.3, -0.25) is 0 Å². The third kappa shape index (κ3) is 5.25. The first-order valence-electron chi connectivity index (χ1n) is 5.27. The van der Waals surface area contributed by atoms with Crippen molar-refractivity contribution in [2.75, 3.05) is 6.61 Å². The van der Waals surface area contributed by atoms with Crippen LogP contribution in [0.1, 0.15) is 38.4 Å². The maximum atomic E-state index is 5.30. The molecule has 0 saturated carbocycles. The van der Waals surface area contributed by atoms with E-state index in [1.807, 2.05) is 6.92 Å². The van der Waals surface area contributed by atoms with E-state index in [1.165, 1.54) is 0 Å². The molecular weight excluding hydrogens is 208 g/mol. The molecule has 86 valence electrons. The second kappa shape index (κ2) is 5.58. The van der Waals surface area contributed by atoms with Crippen molar-refractivity contribution < 1.29 is 4.74 Å². The van der Waals surface area contributed by atoms with Gasteiger partial charge in [0.15, 0.2) is 0 Å². The van der Waals surface area contributed by atoms with Gasteiger partial charge in [0.2, 0.25) is 0 Å². The summed E-state index contributed by atoms with van der Waals surface area (Å²) in [7, 11) is 0. The Morgan fingerprint density at radius 2 is 2.20 bits per heavy atom. The Labute approximate surface area is 95.9 Å². The van der Waals surface area contributed by atoms with E-state index in [9.17, 15) is 0 Å². The van der Waals surface area contributed by atoms with Crippen LogP contribution >= 0.6 is 11.3 Å². The highest BCUT2D eigenvalue weighted by Gasteiger charge is 2.10. The molecule has 0 amide bonds. The molecular formula is C11H20N2OS. The molecule has 15 heavy (non-hydrogen) atoms. The summed E-state index contributed by atoms with van der Waals surface area (Å²) in [6.07, 6.45) is 0. The standard InChI is InChI=1S/C11H20N2OS/c1-5-14-7-9-8-15-10(13-9)6-12-11(2,3)4/h8,12H,5-7H2,1-4H3. The van der Waals surface area contributed by atoms with Gasteiger partial charge in [-0.05, 0) is 27.7 Å². The lowest BCUT2D eigenvalue weighted by Gasteiger charge is -2.19. The predicted octanol–water partition coefficient (Wildman–Crippen LogP) is 2.57. The average molecular weight is 228 g/mol. The first-order chi connectivity index (χ1) is 7.01. The van der Waals surface area contributed by atoms with Crippen molar-refractivity contribution in [3.8, 4) is 0 Å². The van der Waals surface area contributed by atoms with Crippen molar-refractivity contribution in [2.45, 2.75) is 46.4 Å². The SMILES string of the molecule is CCOCc1csc(CNC(C)(C)C)n1. The maximum Gasteiger partial charge on any atom is 0.107 e. The van der Waals surface area contributed by atoms with Gasteiger partial charge in [0.25, 0.3) is 0 Å². The number of rotatable bonds is 5. The van der Waals surface area contributed by atoms with Crippen molar-refractivity contribution in [3.63, 3.8) is 0 Å². The van der Waals surface area contributed by atoms with E-state index in [-0.39, 0.29) is 5.54 Å². The Morgan fingerprint density at radius 1 is 1.47 bits per heavy atom. The second-order valence-electron chi connectivity index (χ2n) is 4.47. The molecule has 0 spiro atoms. The molecule has 0 aliphatic rings. The first-order valence-corrected chi connectivity index (χ1v) is 6.15. The highest BCUT2D eigenvalue weighted by molar-refractivity contribution is 7.09. The lowest BCUT2D eigenvalue weighted by molar-refractivity contribution is 0.131. The molecule has 0 saturated heterocycles. The van der Waals surface area contributed by atoms with Gasteiger partial charge in [-0.15, -0.1) is 11.3 Å². The van der Waals surface area contributed by atoms with E-state index in [2.05, 4.69) is 36.5 Å². The third-order valence-corrected chi connectivity index (χ3v) is 2.72. The van der Waals surface area contributed by atoms with E-state index in [0.717, 1.165) is 23.9 Å². The zero-order chi connectivity index (χ0) is 11.3. The number of nitrogens with zero attached hydrogens (tertiary/aromatic N) is 1. The first kappa shape index (κ1) is 12.6. The van der Waals surface area contributed by atoms with Crippen LogP contribution in [-0.2, 0) is 17.9 Å². The summed E-state index contributed by atoms with van der Waals surface area (Å²) in [5, 5.41) is 6.60. The van der Waals surface area contributed by atoms with E-state index in [1.54, 1.807) is 11.3 Å². The number of thiazole rings is 1. The summed E-state index contributed by atoms with van der Waals surface area (Å²) in [6.45, 7) is 10.7. The molecule has 3 nitrogen and oxygen atoms in total. The quantitative estimate of drug-likeness (QED) is 0.841. The van der Waals surface area contributed by atoms with Gasteiger partial charge in [-0.1, -0.05) is 0 Å². The Balaban J connectivity index is 2.39. The van der Waals surface area contributed by atoms with Gasteiger partial charge < -0.3 is 10.1 Å². The molecule has 1 rings (SSSR count). The fourth-order valence-corrected chi connectivity index (χ4v) is 1.76. The summed E-state index contributed by atoms with van der Waals surface area (Å²) in [5.41, 5.74) is 1.18. The number of aromatic nitrogens is 1. The molecule has 0 aliphatic heterocycles. The molecule has 0 unspecified atom stereocenters. The van der Waals surface area contributed by atoms with Crippen LogP contribution in [0.25, 0.3) is 0 Å². The predicted molar refractivity (Wildman–Crippen MR) is 64.0 cm³/mol. The van der Waals surface area contributed by atoms with Gasteiger partial charge in [0.05, 0.1) is 12.3 Å². The molecule has 0 atom stereocenters. The van der Waals surface area contributed by atoms with E-state index in [4.69, 9.17) is 4.74 Å². The van der Waals surface area contributed by atoms with Crippen molar-refractivity contribution in [2.24, 2.45) is 0 Å². The van der Waals surface area contributed by atoms with Crippen LogP contribution in [0.2, 0.25) is 0 Å². The Kier molecular flexibility index (Phi) is 4.70. The average Bonchev–Trinajstić information content (AvgIpc) is 2.58. The normalized spacial score (nSPS) is 12.0. The van der Waals surface area contributed by atoms with E-state index in [0.29, 0.717) is 6.61 Å². The number of nitrogens with one attached hydrogen (secondary N) is 1. The second-order valence-corrected chi connectivity index (χ2v) is 5.42. The summed E-state index contributed by atoms with van der Waals surface area (Å²) >= 11 is 1.69. The van der Waals surface area contributed by atoms with Gasteiger partial charge in [0.1, 0.15) is 5.01 Å². The van der Waals surface area contributed by atoms with Gasteiger partial charge in [0, 0.05) is 24.1 Å². The molecule has 0 aromatic carbocycles. The summed E-state index contributed by atoms with van der Waals surface area (Å²) in [4.78, 5) is 4.48. The molecule has 1 aromatic rings. The molecule has 1 N–H and O–H groups in total. The monoisotopic (exact) mass is 228 g/mol.